The molecular formula is C17H13ClF6O3. The first kappa shape index (κ1) is 21.2. The Bertz CT molecular complexity index is 837. The van der Waals surface area contributed by atoms with Crippen molar-refractivity contribution in [1.29, 1.82) is 0 Å². The van der Waals surface area contributed by atoms with Gasteiger partial charge in [0.1, 0.15) is 5.03 Å². The highest BCUT2D eigenvalue weighted by molar-refractivity contribution is 6.30. The molecule has 1 saturated carbocycles. The number of allylic oxidation sites excluding steroid dienone is 2. The van der Waals surface area contributed by atoms with Crippen molar-refractivity contribution in [3.63, 3.8) is 0 Å². The van der Waals surface area contributed by atoms with E-state index in [2.05, 4.69) is 16.3 Å². The highest BCUT2D eigenvalue weighted by atomic mass is 35.5. The summed E-state index contributed by atoms with van der Waals surface area (Å²) in [5.41, 5.74) is -2.73. The van der Waals surface area contributed by atoms with E-state index in [1.807, 2.05) is 0 Å². The second-order valence-corrected chi connectivity index (χ2v) is 7.04. The second-order valence-electron chi connectivity index (χ2n) is 6.63. The minimum atomic E-state index is -4.81. The number of alkyl halides is 6. The van der Waals surface area contributed by atoms with Gasteiger partial charge >= 0.3 is 18.3 Å². The van der Waals surface area contributed by atoms with Gasteiger partial charge < -0.3 is 9.52 Å². The van der Waals surface area contributed by atoms with E-state index in [0.717, 1.165) is 6.07 Å². The third-order valence-electron chi connectivity index (χ3n) is 4.80. The maximum atomic E-state index is 12.6. The van der Waals surface area contributed by atoms with E-state index < -0.39 is 45.9 Å². The van der Waals surface area contributed by atoms with Crippen LogP contribution in [0.1, 0.15) is 31.8 Å². The van der Waals surface area contributed by atoms with Crippen molar-refractivity contribution in [2.24, 2.45) is 16.7 Å². The average Bonchev–Trinajstić information content (AvgIpc) is 2.85. The Hall–Kier alpha value is -2.08. The van der Waals surface area contributed by atoms with E-state index in [-0.39, 0.29) is 12.2 Å². The van der Waals surface area contributed by atoms with Gasteiger partial charge in [-0.1, -0.05) is 37.4 Å². The summed E-state index contributed by atoms with van der Waals surface area (Å²) in [4.78, 5) is 11.7. The molecule has 0 bridgehead atoms. The van der Waals surface area contributed by atoms with Crippen LogP contribution in [0.3, 0.4) is 0 Å². The van der Waals surface area contributed by atoms with E-state index in [4.69, 9.17) is 11.6 Å². The zero-order valence-corrected chi connectivity index (χ0v) is 14.7. The van der Waals surface area contributed by atoms with Gasteiger partial charge in [0, 0.05) is 12.3 Å². The van der Waals surface area contributed by atoms with Crippen LogP contribution in [0.4, 0.5) is 26.3 Å². The minimum Gasteiger partial charge on any atom is -0.481 e. The SMILES string of the molecule is CC1(C)[C@@H](C=C(Cl)C(F)(F)F)[C@@]1(CC#Cc1ccc(C(F)(F)F)o1)C(=O)O. The number of hydrogen-bond acceptors (Lipinski definition) is 2. The van der Waals surface area contributed by atoms with E-state index in [1.165, 1.54) is 13.8 Å². The number of carboxylic acid groups (broad SMARTS) is 1. The Kier molecular flexibility index (Phi) is 5.12. The van der Waals surface area contributed by atoms with Gasteiger partial charge in [0.05, 0.1) is 5.41 Å². The third kappa shape index (κ3) is 3.81. The molecule has 2 rings (SSSR count). The molecule has 1 N–H and O–H groups in total. The van der Waals surface area contributed by atoms with Crippen LogP contribution >= 0.6 is 11.6 Å². The summed E-state index contributed by atoms with van der Waals surface area (Å²) in [5.74, 6) is 0.667. The number of carboxylic acids is 1. The minimum absolute atomic E-state index is 0.332. The van der Waals surface area contributed by atoms with Crippen LogP contribution in [0.2, 0.25) is 0 Å². The summed E-state index contributed by atoms with van der Waals surface area (Å²) in [5, 5.41) is 8.11. The molecule has 3 nitrogen and oxygen atoms in total. The van der Waals surface area contributed by atoms with Crippen LogP contribution in [-0.4, -0.2) is 17.3 Å². The summed E-state index contributed by atoms with van der Waals surface area (Å²) >= 11 is 5.21. The van der Waals surface area contributed by atoms with Crippen LogP contribution < -0.4 is 0 Å². The normalized spacial score (nSPS) is 24.9. The second kappa shape index (κ2) is 6.51. The van der Waals surface area contributed by atoms with Crippen molar-refractivity contribution in [2.75, 3.05) is 0 Å². The summed E-state index contributed by atoms with van der Waals surface area (Å²) < 4.78 is 79.8. The molecule has 10 heteroatoms. The monoisotopic (exact) mass is 414 g/mol. The lowest BCUT2D eigenvalue weighted by Crippen LogP contribution is -2.21. The predicted molar refractivity (Wildman–Crippen MR) is 82.5 cm³/mol. The lowest BCUT2D eigenvalue weighted by molar-refractivity contribution is -0.153. The first-order chi connectivity index (χ1) is 12.1. The number of furan rings is 1. The molecule has 0 unspecified atom stereocenters. The van der Waals surface area contributed by atoms with E-state index in [9.17, 15) is 36.2 Å². The van der Waals surface area contributed by atoms with Crippen molar-refractivity contribution in [3.05, 3.63) is 34.8 Å². The summed E-state index contributed by atoms with van der Waals surface area (Å²) in [6, 6.07) is 1.64. The molecule has 1 heterocycles. The highest BCUT2D eigenvalue weighted by Gasteiger charge is 2.74. The van der Waals surface area contributed by atoms with Gasteiger partial charge in [-0.25, -0.2) is 0 Å². The number of aliphatic carboxylic acids is 1. The fraction of sp³-hybridized carbons (Fsp3) is 0.471. The lowest BCUT2D eigenvalue weighted by atomic mass is 9.92. The average molecular weight is 415 g/mol. The Morgan fingerprint density at radius 1 is 1.30 bits per heavy atom. The number of hydrogen-bond donors (Lipinski definition) is 1. The van der Waals surface area contributed by atoms with Crippen molar-refractivity contribution in [3.8, 4) is 11.8 Å². The van der Waals surface area contributed by atoms with E-state index in [1.54, 1.807) is 0 Å². The van der Waals surface area contributed by atoms with Gasteiger partial charge in [-0.15, -0.1) is 0 Å². The van der Waals surface area contributed by atoms with Gasteiger partial charge in [0.25, 0.3) is 0 Å². The van der Waals surface area contributed by atoms with Crippen LogP contribution in [-0.2, 0) is 11.0 Å². The molecule has 0 saturated heterocycles. The molecule has 0 aliphatic heterocycles. The molecule has 148 valence electrons. The summed E-state index contributed by atoms with van der Waals surface area (Å²) in [6.45, 7) is 2.91. The molecule has 0 amide bonds. The van der Waals surface area contributed by atoms with Crippen molar-refractivity contribution >= 4 is 17.6 Å². The zero-order valence-electron chi connectivity index (χ0n) is 13.9. The van der Waals surface area contributed by atoms with Gasteiger partial charge in [0.2, 0.25) is 5.76 Å². The molecule has 27 heavy (non-hydrogen) atoms. The maximum absolute atomic E-state index is 12.6. The fourth-order valence-electron chi connectivity index (χ4n) is 3.14. The van der Waals surface area contributed by atoms with Crippen molar-refractivity contribution < 1.29 is 40.7 Å². The quantitative estimate of drug-likeness (QED) is 0.528. The van der Waals surface area contributed by atoms with Crippen molar-refractivity contribution in [2.45, 2.75) is 32.6 Å². The Balaban J connectivity index is 2.27. The molecule has 1 aliphatic rings. The Morgan fingerprint density at radius 2 is 1.89 bits per heavy atom. The number of carbonyl (C=O) groups is 1. The zero-order chi connectivity index (χ0) is 20.8. The molecule has 1 aliphatic carbocycles. The summed E-state index contributed by atoms with van der Waals surface area (Å²) in [6.07, 6.45) is -9.24. The molecule has 0 aromatic carbocycles. The number of halogens is 7. The first-order valence-corrected chi connectivity index (χ1v) is 7.85. The first-order valence-electron chi connectivity index (χ1n) is 7.48. The smallest absolute Gasteiger partial charge is 0.449 e. The molecule has 2 atom stereocenters. The van der Waals surface area contributed by atoms with E-state index >= 15 is 0 Å². The maximum Gasteiger partial charge on any atom is 0.449 e. The van der Waals surface area contributed by atoms with Crippen LogP contribution in [0.5, 0.6) is 0 Å². The van der Waals surface area contributed by atoms with Crippen LogP contribution in [0.15, 0.2) is 27.7 Å². The molecule has 1 fully saturated rings. The molecule has 1 aromatic rings. The van der Waals surface area contributed by atoms with Crippen molar-refractivity contribution in [1.82, 2.24) is 0 Å². The Morgan fingerprint density at radius 3 is 2.33 bits per heavy atom. The lowest BCUT2D eigenvalue weighted by Gasteiger charge is -2.11. The molecule has 1 aromatic heterocycles. The molecular weight excluding hydrogens is 402 g/mol. The van der Waals surface area contributed by atoms with Gasteiger partial charge in [-0.2, -0.15) is 26.3 Å². The standard InChI is InChI=1S/C17H13ClF6O3/c1-14(2)10(8-11(18)16(19,20)21)15(14,13(25)26)7-3-4-9-5-6-12(27-9)17(22,23)24/h5-6,8,10H,7H2,1-2H3,(H,25,26)/t10-,15+/m1/s1. The molecule has 0 radical (unpaired) electrons. The largest absolute Gasteiger partial charge is 0.481 e. The highest BCUT2D eigenvalue weighted by Crippen LogP contribution is 2.72. The fourth-order valence-corrected chi connectivity index (χ4v) is 3.26. The van der Waals surface area contributed by atoms with Gasteiger partial charge in [-0.3, -0.25) is 4.79 Å². The van der Waals surface area contributed by atoms with Crippen LogP contribution in [0.25, 0.3) is 0 Å². The third-order valence-corrected chi connectivity index (χ3v) is 5.14. The number of rotatable bonds is 3. The Labute approximate surface area is 155 Å². The van der Waals surface area contributed by atoms with E-state index in [0.29, 0.717) is 12.1 Å². The predicted octanol–water partition coefficient (Wildman–Crippen LogP) is 5.45. The van der Waals surface area contributed by atoms with Gasteiger partial charge in [0.15, 0.2) is 5.76 Å². The summed E-state index contributed by atoms with van der Waals surface area (Å²) in [7, 11) is 0. The topological polar surface area (TPSA) is 50.4 Å². The van der Waals surface area contributed by atoms with Gasteiger partial charge in [-0.05, 0) is 23.5 Å². The van der Waals surface area contributed by atoms with Crippen LogP contribution in [0, 0.1) is 28.6 Å². The molecule has 0 spiro atoms.